The Hall–Kier alpha value is -2.11. The third-order valence-corrected chi connectivity index (χ3v) is 4.73. The molecule has 1 fully saturated rings. The van der Waals surface area contributed by atoms with Gasteiger partial charge >= 0.3 is 0 Å². The molecule has 0 aromatic heterocycles. The smallest absolute Gasteiger partial charge is 0.231 e. The summed E-state index contributed by atoms with van der Waals surface area (Å²) >= 11 is 6.26. The van der Waals surface area contributed by atoms with E-state index in [1.165, 1.54) is 12.8 Å². The van der Waals surface area contributed by atoms with E-state index in [2.05, 4.69) is 5.32 Å². The molecule has 0 radical (unpaired) electrons. The van der Waals surface area contributed by atoms with Gasteiger partial charge in [-0.15, -0.1) is 0 Å². The Labute approximate surface area is 151 Å². The molecule has 1 N–H and O–H groups in total. The first-order valence-corrected chi connectivity index (χ1v) is 8.83. The van der Waals surface area contributed by atoms with Gasteiger partial charge in [0.1, 0.15) is 24.7 Å². The monoisotopic (exact) mass is 361 g/mol. The molecule has 0 saturated carbocycles. The highest BCUT2D eigenvalue weighted by Crippen LogP contribution is 2.37. The lowest BCUT2D eigenvalue weighted by atomic mass is 10.2. The molecule has 0 unspecified atom stereocenters. The lowest BCUT2D eigenvalue weighted by Crippen LogP contribution is -2.28. The number of benzene rings is 2. The summed E-state index contributed by atoms with van der Waals surface area (Å²) in [5.41, 5.74) is 0.860. The summed E-state index contributed by atoms with van der Waals surface area (Å²) in [5, 5.41) is 4.02. The number of halogens is 1. The molecule has 2 aliphatic rings. The molecule has 0 amide bonds. The fourth-order valence-electron chi connectivity index (χ4n) is 2.96. The maximum Gasteiger partial charge on any atom is 0.231 e. The first-order valence-electron chi connectivity index (χ1n) is 8.45. The average Bonchev–Trinajstić information content (AvgIpc) is 3.30. The topological polar surface area (TPSA) is 49.0 Å². The zero-order valence-electron chi connectivity index (χ0n) is 13.8. The van der Waals surface area contributed by atoms with E-state index in [4.69, 9.17) is 30.5 Å². The number of rotatable bonds is 6. The molecule has 25 heavy (non-hydrogen) atoms. The van der Waals surface area contributed by atoms with Gasteiger partial charge in [-0.2, -0.15) is 0 Å². The van der Waals surface area contributed by atoms with Gasteiger partial charge in [0.2, 0.25) is 6.79 Å². The van der Waals surface area contributed by atoms with E-state index < -0.39 is 0 Å². The molecule has 0 aliphatic carbocycles. The summed E-state index contributed by atoms with van der Waals surface area (Å²) in [6.45, 7) is 2.38. The molecule has 2 heterocycles. The highest BCUT2D eigenvalue weighted by Gasteiger charge is 2.17. The van der Waals surface area contributed by atoms with E-state index in [-0.39, 0.29) is 6.79 Å². The van der Waals surface area contributed by atoms with Crippen molar-refractivity contribution < 1.29 is 18.9 Å². The van der Waals surface area contributed by atoms with Crippen LogP contribution in [0, 0.1) is 0 Å². The van der Waals surface area contributed by atoms with Crippen LogP contribution in [0.3, 0.4) is 0 Å². The maximum atomic E-state index is 6.26. The largest absolute Gasteiger partial charge is 0.492 e. The third kappa shape index (κ3) is 3.94. The van der Waals surface area contributed by atoms with Crippen molar-refractivity contribution in [2.75, 3.05) is 19.9 Å². The molecule has 2 aromatic carbocycles. The van der Waals surface area contributed by atoms with Crippen molar-refractivity contribution in [1.29, 1.82) is 0 Å². The summed E-state index contributed by atoms with van der Waals surface area (Å²) in [7, 11) is 0. The van der Waals surface area contributed by atoms with Crippen molar-refractivity contribution in [3.05, 3.63) is 47.0 Å². The number of hydrogen-bond acceptors (Lipinski definition) is 5. The second-order valence-electron chi connectivity index (χ2n) is 6.16. The molecule has 6 heteroatoms. The van der Waals surface area contributed by atoms with E-state index >= 15 is 0 Å². The number of hydrogen-bond donors (Lipinski definition) is 1. The molecule has 4 rings (SSSR count). The molecule has 1 saturated heterocycles. The summed E-state index contributed by atoms with van der Waals surface area (Å²) in [6, 6.07) is 11.7. The lowest BCUT2D eigenvalue weighted by Gasteiger charge is -2.13. The fraction of sp³-hybridized carbons (Fsp3) is 0.368. The van der Waals surface area contributed by atoms with Gasteiger partial charge in [0.05, 0.1) is 5.02 Å². The highest BCUT2D eigenvalue weighted by molar-refractivity contribution is 6.31. The molecule has 1 atom stereocenters. The van der Waals surface area contributed by atoms with Crippen LogP contribution in [0.1, 0.15) is 18.4 Å². The van der Waals surface area contributed by atoms with Crippen LogP contribution in [0.15, 0.2) is 36.4 Å². The zero-order chi connectivity index (χ0) is 17.1. The van der Waals surface area contributed by atoms with E-state index in [1.807, 2.05) is 30.3 Å². The predicted octanol–water partition coefficient (Wildman–Crippen LogP) is 3.78. The first kappa shape index (κ1) is 16.4. The quantitative estimate of drug-likeness (QED) is 0.848. The van der Waals surface area contributed by atoms with Crippen molar-refractivity contribution in [3.8, 4) is 23.0 Å². The van der Waals surface area contributed by atoms with Gasteiger partial charge in [-0.3, -0.25) is 0 Å². The standard InChI is InChI=1S/C19H20ClNO4/c20-17-9-19-18(24-12-25-19)8-13(17)10-22-15-3-5-16(6-4-15)23-11-14-2-1-7-21-14/h3-6,8-9,14,21H,1-2,7,10-12H2/t14-/m1/s1. The molecular weight excluding hydrogens is 342 g/mol. The van der Waals surface area contributed by atoms with Crippen LogP contribution < -0.4 is 24.3 Å². The normalized spacial score (nSPS) is 18.4. The van der Waals surface area contributed by atoms with Crippen LogP contribution >= 0.6 is 11.6 Å². The van der Waals surface area contributed by atoms with Gasteiger partial charge in [0.25, 0.3) is 0 Å². The Morgan fingerprint density at radius 3 is 2.48 bits per heavy atom. The van der Waals surface area contributed by atoms with Crippen LogP contribution in [-0.4, -0.2) is 26.0 Å². The van der Waals surface area contributed by atoms with Crippen LogP contribution in [0.4, 0.5) is 0 Å². The van der Waals surface area contributed by atoms with Crippen molar-refractivity contribution in [1.82, 2.24) is 5.32 Å². The van der Waals surface area contributed by atoms with Gasteiger partial charge in [-0.25, -0.2) is 0 Å². The molecule has 2 aliphatic heterocycles. The molecule has 132 valence electrons. The van der Waals surface area contributed by atoms with Crippen LogP contribution in [-0.2, 0) is 6.61 Å². The molecular formula is C19H20ClNO4. The van der Waals surface area contributed by atoms with Gasteiger partial charge in [-0.1, -0.05) is 11.6 Å². The molecule has 0 spiro atoms. The van der Waals surface area contributed by atoms with Gasteiger partial charge in [0, 0.05) is 17.7 Å². The Kier molecular flexibility index (Phi) is 4.85. The van der Waals surface area contributed by atoms with Crippen molar-refractivity contribution in [2.45, 2.75) is 25.5 Å². The maximum absolute atomic E-state index is 6.26. The van der Waals surface area contributed by atoms with Crippen molar-refractivity contribution in [3.63, 3.8) is 0 Å². The minimum atomic E-state index is 0.230. The molecule has 5 nitrogen and oxygen atoms in total. The Balaban J connectivity index is 1.32. The minimum Gasteiger partial charge on any atom is -0.492 e. The summed E-state index contributed by atoms with van der Waals surface area (Å²) in [4.78, 5) is 0. The van der Waals surface area contributed by atoms with Gasteiger partial charge in [0.15, 0.2) is 11.5 Å². The Morgan fingerprint density at radius 1 is 1.04 bits per heavy atom. The number of ether oxygens (including phenoxy) is 4. The van der Waals surface area contributed by atoms with Gasteiger partial charge < -0.3 is 24.3 Å². The average molecular weight is 362 g/mol. The second kappa shape index (κ2) is 7.42. The van der Waals surface area contributed by atoms with E-state index in [9.17, 15) is 0 Å². The van der Waals surface area contributed by atoms with E-state index in [1.54, 1.807) is 6.07 Å². The summed E-state index contributed by atoms with van der Waals surface area (Å²) < 4.78 is 22.3. The zero-order valence-corrected chi connectivity index (χ0v) is 14.6. The first-order chi connectivity index (χ1) is 12.3. The minimum absolute atomic E-state index is 0.230. The number of nitrogens with one attached hydrogen (secondary N) is 1. The van der Waals surface area contributed by atoms with Crippen LogP contribution in [0.5, 0.6) is 23.0 Å². The van der Waals surface area contributed by atoms with Crippen LogP contribution in [0.2, 0.25) is 5.02 Å². The highest BCUT2D eigenvalue weighted by atomic mass is 35.5. The second-order valence-corrected chi connectivity index (χ2v) is 6.57. The Morgan fingerprint density at radius 2 is 1.76 bits per heavy atom. The molecule has 0 bridgehead atoms. The SMILES string of the molecule is Clc1cc2c(cc1COc1ccc(OC[C@H]3CCCN3)cc1)OCO2. The Bertz CT molecular complexity index is 729. The summed E-state index contributed by atoms with van der Waals surface area (Å²) in [6.07, 6.45) is 2.40. The van der Waals surface area contributed by atoms with Gasteiger partial charge in [-0.05, 0) is 49.7 Å². The van der Waals surface area contributed by atoms with Crippen molar-refractivity contribution in [2.24, 2.45) is 0 Å². The van der Waals surface area contributed by atoms with Crippen LogP contribution in [0.25, 0.3) is 0 Å². The predicted molar refractivity (Wildman–Crippen MR) is 94.9 cm³/mol. The van der Waals surface area contributed by atoms with E-state index in [0.717, 1.165) is 23.6 Å². The number of fused-ring (bicyclic) bond motifs is 1. The third-order valence-electron chi connectivity index (χ3n) is 4.37. The molecule has 2 aromatic rings. The van der Waals surface area contributed by atoms with E-state index in [0.29, 0.717) is 35.8 Å². The summed E-state index contributed by atoms with van der Waals surface area (Å²) in [5.74, 6) is 2.99. The lowest BCUT2D eigenvalue weighted by molar-refractivity contribution is 0.174. The van der Waals surface area contributed by atoms with Crippen molar-refractivity contribution >= 4 is 11.6 Å². The fourth-order valence-corrected chi connectivity index (χ4v) is 3.17.